The highest BCUT2D eigenvalue weighted by Gasteiger charge is 2.24. The SMILES string of the molecule is Cc1cc(N)ccc1N1CCOCC1=O.Cc1cc(NC(=O)Nc2cc(O)ccc2NC(=O)Nc2ccc(Cl)cc2)ccc1N1CCOCC1=O.Nc1cc(O)ccc1NC(=O)Nc1ccc(Cl)cc1.Nc1ccc(O)cc1[N+](=O)[O-].O=C(Nc1ccc(Cl)cc1)Nc1ccc(O)cc1[N+](=O)[O-].O=C=Nc1ccc(Cl)cc1. The molecule has 112 heavy (non-hydrogen) atoms. The molecule has 0 aliphatic carbocycles. The summed E-state index contributed by atoms with van der Waals surface area (Å²) < 4.78 is 10.3. The maximum atomic E-state index is 12.7. The Morgan fingerprint density at radius 1 is 0.429 bits per heavy atom. The molecular weight excluding hydrogens is 1540 g/mol. The zero-order valence-corrected chi connectivity index (χ0v) is 62.0. The Bertz CT molecular complexity index is 5070. The third-order valence-electron chi connectivity index (χ3n) is 15.0. The third-order valence-corrected chi connectivity index (χ3v) is 16.0. The van der Waals surface area contributed by atoms with Crippen molar-refractivity contribution >= 4 is 179 Å². The van der Waals surface area contributed by atoms with Gasteiger partial charge in [0.05, 0.1) is 63.6 Å². The van der Waals surface area contributed by atoms with Crippen molar-refractivity contribution < 1.29 is 73.3 Å². The summed E-state index contributed by atoms with van der Waals surface area (Å²) in [5.41, 5.74) is 24.0. The molecule has 2 aliphatic rings. The molecule has 10 amide bonds. The second-order valence-corrected chi connectivity index (χ2v) is 25.0. The predicted molar refractivity (Wildman–Crippen MR) is 432 cm³/mol. The first-order chi connectivity index (χ1) is 53.4. The number of aromatic hydroxyl groups is 4. The van der Waals surface area contributed by atoms with Crippen molar-refractivity contribution in [2.75, 3.05) is 109 Å². The molecular formula is C75H70Cl4N16O17. The Morgan fingerprint density at radius 2 is 0.795 bits per heavy atom. The van der Waals surface area contributed by atoms with E-state index in [1.807, 2.05) is 32.0 Å². The first-order valence-corrected chi connectivity index (χ1v) is 34.2. The van der Waals surface area contributed by atoms with Gasteiger partial charge in [0.15, 0.2) is 0 Å². The largest absolute Gasteiger partial charge is 0.508 e. The van der Waals surface area contributed by atoms with Crippen molar-refractivity contribution in [2.45, 2.75) is 13.8 Å². The quantitative estimate of drug-likeness (QED) is 0.0127. The van der Waals surface area contributed by atoms with Gasteiger partial charge in [-0.05, 0) is 207 Å². The van der Waals surface area contributed by atoms with Crippen molar-refractivity contribution in [2.24, 2.45) is 4.99 Å². The van der Waals surface area contributed by atoms with Crippen molar-refractivity contribution in [3.63, 3.8) is 0 Å². The molecule has 2 aliphatic heterocycles. The van der Waals surface area contributed by atoms with E-state index in [4.69, 9.17) is 78.2 Å². The summed E-state index contributed by atoms with van der Waals surface area (Å²) in [5.74, 6) is -0.581. The van der Waals surface area contributed by atoms with Gasteiger partial charge in [0.2, 0.25) is 6.08 Å². The smallest absolute Gasteiger partial charge is 0.323 e. The Kier molecular flexibility index (Phi) is 32.0. The second-order valence-electron chi connectivity index (χ2n) is 23.2. The average Bonchev–Trinajstić information content (AvgIpc) is 0.816. The molecule has 2 heterocycles. The van der Waals surface area contributed by atoms with Crippen LogP contribution in [0.4, 0.5) is 110 Å². The van der Waals surface area contributed by atoms with Crippen LogP contribution in [0.2, 0.25) is 20.1 Å². The monoisotopic (exact) mass is 1610 g/mol. The van der Waals surface area contributed by atoms with E-state index in [0.29, 0.717) is 80.5 Å². The van der Waals surface area contributed by atoms with Gasteiger partial charge in [-0.2, -0.15) is 4.99 Å². The number of anilines is 13. The maximum absolute atomic E-state index is 12.7. The Morgan fingerprint density at radius 3 is 1.22 bits per heavy atom. The summed E-state index contributed by atoms with van der Waals surface area (Å²) in [5, 5.41) is 81.2. The summed E-state index contributed by atoms with van der Waals surface area (Å²) in [6, 6.07) is 50.3. The number of isocyanates is 1. The van der Waals surface area contributed by atoms with Gasteiger partial charge in [0.25, 0.3) is 23.2 Å². The fourth-order valence-corrected chi connectivity index (χ4v) is 10.2. The van der Waals surface area contributed by atoms with Crippen molar-refractivity contribution in [3.05, 3.63) is 258 Å². The first kappa shape index (κ1) is 85.3. The van der Waals surface area contributed by atoms with Gasteiger partial charge in [0, 0.05) is 85.1 Å². The summed E-state index contributed by atoms with van der Waals surface area (Å²) in [6.45, 7) is 6.15. The Balaban J connectivity index is 0.000000198. The highest BCUT2D eigenvalue weighted by atomic mass is 35.5. The summed E-state index contributed by atoms with van der Waals surface area (Å²) >= 11 is 22.9. The summed E-state index contributed by atoms with van der Waals surface area (Å²) in [4.78, 5) is 109. The number of hydrogen-bond acceptors (Lipinski definition) is 21. The number of hydrogen-bond donors (Lipinski definition) is 15. The lowest BCUT2D eigenvalue weighted by Crippen LogP contribution is -2.42. The van der Waals surface area contributed by atoms with E-state index in [1.165, 1.54) is 66.7 Å². The van der Waals surface area contributed by atoms with Gasteiger partial charge in [-0.1, -0.05) is 46.4 Å². The van der Waals surface area contributed by atoms with Crippen LogP contribution in [0.15, 0.2) is 211 Å². The number of carbonyl (C=O) groups is 6. The number of nitrogens with zero attached hydrogens (tertiary/aromatic N) is 5. The fourth-order valence-electron chi connectivity index (χ4n) is 9.75. The number of nitrogens with two attached hydrogens (primary N) is 3. The molecule has 10 aromatic rings. The number of phenols is 4. The molecule has 0 saturated carbocycles. The van der Waals surface area contributed by atoms with E-state index >= 15 is 0 Å². The van der Waals surface area contributed by atoms with Crippen LogP contribution in [0, 0.1) is 34.1 Å². The molecule has 2 fully saturated rings. The van der Waals surface area contributed by atoms with Gasteiger partial charge >= 0.3 is 24.1 Å². The molecule has 0 atom stereocenters. The van der Waals surface area contributed by atoms with E-state index < -0.39 is 39.7 Å². The number of benzene rings is 10. The Hall–Kier alpha value is -13.9. The highest BCUT2D eigenvalue weighted by Crippen LogP contribution is 2.33. The van der Waals surface area contributed by atoms with E-state index in [2.05, 4.69) is 47.5 Å². The highest BCUT2D eigenvalue weighted by molar-refractivity contribution is 6.31. The molecule has 0 spiro atoms. The average molecular weight is 1610 g/mol. The predicted octanol–water partition coefficient (Wildman–Crippen LogP) is 16.0. The standard InChI is InChI=1S/C25H24ClN5O5.C13H10ClN3O4.C13H12ClN3O2.C11H14N2O2.C7H4ClNO.C6H6N2O3/c1-15-12-18(6-9-22(15)31-10-11-36-14-23(31)33)28-25(35)30-21-13-19(32)7-8-20(21)29-24(34)27-17-4-2-16(26)3-5-17;14-8-1-3-9(4-2-8)15-13(19)16-11-6-5-10(18)7-12(11)17(20)21;14-8-1-3-9(4-2-8)16-13(19)17-12-6-5-10(18)7-11(12)15;1-8-6-9(12)2-3-10(8)13-4-5-15-7-11(13)14;8-6-1-3-7(4-2-6)9-5-10;7-5-2-1-4(9)3-6(5)8(10)11/h2-9,12-13,32H,10-11,14H2,1H3,(H2,27,29,34)(H2,28,30,35);1-7,18H,(H2,15,16,19);1-7,18H,15H2,(H2,16,17,19);2-3,6H,4-5,7,12H2,1H3;1-4H;1-3,9H,7H2. The first-order valence-electron chi connectivity index (χ1n) is 32.7. The number of nitrogen functional groups attached to an aromatic ring is 3. The zero-order valence-electron chi connectivity index (χ0n) is 58.9. The number of nitro benzene ring substituents is 2. The molecule has 0 unspecified atom stereocenters. The number of nitro groups is 2. The fraction of sp³-hybridized carbons (Fsp3) is 0.107. The third kappa shape index (κ3) is 27.7. The lowest BCUT2D eigenvalue weighted by atomic mass is 10.1. The topological polar surface area (TPSA) is 498 Å². The number of aliphatic imine (C=N–C) groups is 1. The maximum Gasteiger partial charge on any atom is 0.323 e. The van der Waals surface area contributed by atoms with Crippen LogP contribution in [0.3, 0.4) is 0 Å². The lowest BCUT2D eigenvalue weighted by molar-refractivity contribution is -0.384. The number of halogens is 4. The normalized spacial score (nSPS) is 11.7. The van der Waals surface area contributed by atoms with Crippen LogP contribution >= 0.6 is 46.4 Å². The minimum absolute atomic E-state index is 0.00845. The molecule has 33 nitrogen and oxygen atoms in total. The number of morpholine rings is 2. The van der Waals surface area contributed by atoms with Crippen molar-refractivity contribution in [3.8, 4) is 23.0 Å². The number of nitrogens with one attached hydrogen (secondary N) is 8. The van der Waals surface area contributed by atoms with Gasteiger partial charge in [0.1, 0.15) is 47.6 Å². The van der Waals surface area contributed by atoms with E-state index in [9.17, 15) is 69.1 Å². The van der Waals surface area contributed by atoms with Gasteiger partial charge < -0.3 is 99.4 Å². The minimum Gasteiger partial charge on any atom is -0.508 e. The zero-order chi connectivity index (χ0) is 81.6. The van der Waals surface area contributed by atoms with Crippen molar-refractivity contribution in [1.82, 2.24) is 0 Å². The van der Waals surface area contributed by atoms with E-state index in [0.717, 1.165) is 40.3 Å². The molecule has 10 aromatic carbocycles. The molecule has 0 bridgehead atoms. The number of urea groups is 4. The van der Waals surface area contributed by atoms with Gasteiger partial charge in [-0.3, -0.25) is 29.8 Å². The van der Waals surface area contributed by atoms with Crippen LogP contribution < -0.4 is 69.5 Å². The number of carbonyl (C=O) groups excluding carboxylic acids is 7. The number of phenolic OH excluding ortho intramolecular Hbond substituents is 4. The van der Waals surface area contributed by atoms with Crippen LogP contribution in [0.25, 0.3) is 0 Å². The lowest BCUT2D eigenvalue weighted by Gasteiger charge is -2.28. The second kappa shape index (κ2) is 42.0. The molecule has 0 radical (unpaired) electrons. The van der Waals surface area contributed by atoms with E-state index in [1.54, 1.807) is 125 Å². The molecule has 0 aromatic heterocycles. The van der Waals surface area contributed by atoms with Gasteiger partial charge in [-0.15, -0.1) is 0 Å². The minimum atomic E-state index is -0.697. The number of aryl methyl sites for hydroxylation is 2. The van der Waals surface area contributed by atoms with Crippen LogP contribution in [0.5, 0.6) is 23.0 Å². The number of rotatable bonds is 13. The number of amides is 10. The molecule has 37 heteroatoms. The summed E-state index contributed by atoms with van der Waals surface area (Å²) in [7, 11) is 0. The Labute approximate surface area is 657 Å². The van der Waals surface area contributed by atoms with Crippen LogP contribution in [0.1, 0.15) is 11.1 Å². The number of ether oxygens (including phenoxy) is 2. The van der Waals surface area contributed by atoms with Crippen molar-refractivity contribution in [1.29, 1.82) is 0 Å². The molecule has 580 valence electrons. The van der Waals surface area contributed by atoms with E-state index in [-0.39, 0.29) is 82.2 Å². The molecule has 18 N–H and O–H groups in total. The molecule has 2 saturated heterocycles. The summed E-state index contributed by atoms with van der Waals surface area (Å²) in [6.07, 6.45) is 1.44. The van der Waals surface area contributed by atoms with Crippen LogP contribution in [-0.2, 0) is 23.9 Å². The van der Waals surface area contributed by atoms with Crippen LogP contribution in [-0.4, -0.2) is 112 Å². The van der Waals surface area contributed by atoms with Gasteiger partial charge in [-0.25, -0.2) is 24.0 Å². The molecule has 12 rings (SSSR count).